The van der Waals surface area contributed by atoms with Gasteiger partial charge in [-0.05, 0) is 31.0 Å². The van der Waals surface area contributed by atoms with E-state index >= 15 is 0 Å². The van der Waals surface area contributed by atoms with Gasteiger partial charge in [-0.15, -0.1) is 0 Å². The average molecular weight is 318 g/mol. The van der Waals surface area contributed by atoms with Crippen LogP contribution < -0.4 is 5.32 Å². The minimum atomic E-state index is -0.728. The Morgan fingerprint density at radius 3 is 2.60 bits per heavy atom. The molecule has 1 unspecified atom stereocenters. The number of aliphatic hydroxyl groups is 2. The van der Waals surface area contributed by atoms with Crippen LogP contribution in [0.2, 0.25) is 10.0 Å². The van der Waals surface area contributed by atoms with Crippen LogP contribution in [0.1, 0.15) is 43.8 Å². The van der Waals surface area contributed by atoms with E-state index in [1.54, 1.807) is 18.2 Å². The maximum atomic E-state index is 10.4. The number of rotatable bonds is 5. The first-order valence-electron chi connectivity index (χ1n) is 7.06. The Balaban J connectivity index is 1.85. The maximum absolute atomic E-state index is 10.4. The zero-order valence-electron chi connectivity index (χ0n) is 11.4. The molecule has 0 bridgehead atoms. The molecule has 3 nitrogen and oxygen atoms in total. The summed E-state index contributed by atoms with van der Waals surface area (Å²) in [7, 11) is 0. The third kappa shape index (κ3) is 4.34. The lowest BCUT2D eigenvalue weighted by Crippen LogP contribution is -2.43. The highest BCUT2D eigenvalue weighted by Gasteiger charge is 2.28. The molecule has 2 rings (SSSR count). The number of hydrogen-bond donors (Lipinski definition) is 3. The van der Waals surface area contributed by atoms with Crippen LogP contribution in [0.25, 0.3) is 0 Å². The van der Waals surface area contributed by atoms with Gasteiger partial charge in [0.1, 0.15) is 0 Å². The van der Waals surface area contributed by atoms with E-state index in [-0.39, 0.29) is 0 Å². The van der Waals surface area contributed by atoms with Crippen LogP contribution in [0.15, 0.2) is 18.2 Å². The van der Waals surface area contributed by atoms with Crippen molar-refractivity contribution in [2.45, 2.75) is 43.8 Å². The quantitative estimate of drug-likeness (QED) is 0.781. The van der Waals surface area contributed by atoms with E-state index in [0.29, 0.717) is 28.7 Å². The monoisotopic (exact) mass is 317 g/mol. The first-order chi connectivity index (χ1) is 9.50. The second-order valence-corrected chi connectivity index (χ2v) is 6.44. The second-order valence-electron chi connectivity index (χ2n) is 5.60. The van der Waals surface area contributed by atoms with Crippen molar-refractivity contribution in [2.75, 3.05) is 13.1 Å². The molecule has 0 spiro atoms. The molecule has 1 aromatic rings. The molecular weight excluding hydrogens is 297 g/mol. The summed E-state index contributed by atoms with van der Waals surface area (Å²) < 4.78 is 0. The fraction of sp³-hybridized carbons (Fsp3) is 0.600. The van der Waals surface area contributed by atoms with Crippen LogP contribution in [0.4, 0.5) is 0 Å². The zero-order chi connectivity index (χ0) is 14.6. The van der Waals surface area contributed by atoms with Crippen LogP contribution >= 0.6 is 23.2 Å². The van der Waals surface area contributed by atoms with E-state index in [9.17, 15) is 10.2 Å². The van der Waals surface area contributed by atoms with Gasteiger partial charge in [-0.2, -0.15) is 0 Å². The highest BCUT2D eigenvalue weighted by atomic mass is 35.5. The van der Waals surface area contributed by atoms with Crippen molar-refractivity contribution in [3.05, 3.63) is 33.8 Å². The lowest BCUT2D eigenvalue weighted by molar-refractivity contribution is 0.00264. The van der Waals surface area contributed by atoms with E-state index in [1.807, 2.05) is 0 Å². The van der Waals surface area contributed by atoms with Crippen molar-refractivity contribution in [3.8, 4) is 0 Å². The predicted octanol–water partition coefficient (Wildman–Crippen LogP) is 3.31. The molecule has 112 valence electrons. The normalized spacial score (nSPS) is 19.8. The Morgan fingerprint density at radius 2 is 1.90 bits per heavy atom. The lowest BCUT2D eigenvalue weighted by atomic mass is 9.85. The van der Waals surface area contributed by atoms with Crippen LogP contribution in [-0.2, 0) is 0 Å². The largest absolute Gasteiger partial charge is 0.389 e. The minimum absolute atomic E-state index is 0.350. The molecule has 1 atom stereocenters. The van der Waals surface area contributed by atoms with Gasteiger partial charge in [0.25, 0.3) is 0 Å². The summed E-state index contributed by atoms with van der Waals surface area (Å²) in [4.78, 5) is 0. The molecule has 0 amide bonds. The van der Waals surface area contributed by atoms with E-state index < -0.39 is 11.7 Å². The summed E-state index contributed by atoms with van der Waals surface area (Å²) in [5, 5.41) is 24.7. The maximum Gasteiger partial charge on any atom is 0.0929 e. The molecule has 0 aromatic heterocycles. The first-order valence-corrected chi connectivity index (χ1v) is 7.82. The number of hydrogen-bond acceptors (Lipinski definition) is 3. The van der Waals surface area contributed by atoms with Gasteiger partial charge in [0.15, 0.2) is 0 Å². The van der Waals surface area contributed by atoms with Crippen molar-refractivity contribution < 1.29 is 10.2 Å². The van der Waals surface area contributed by atoms with Crippen LogP contribution in [0.3, 0.4) is 0 Å². The number of benzene rings is 1. The standard InChI is InChI=1S/C15H21Cl2NO2/c16-11-4-5-13(17)12(8-11)14(19)9-18-10-15(20)6-2-1-3-7-15/h4-5,8,14,18-20H,1-3,6-7,9-10H2. The molecule has 1 saturated carbocycles. The summed E-state index contributed by atoms with van der Waals surface area (Å²) in [6.45, 7) is 0.852. The first kappa shape index (κ1) is 16.1. The second kappa shape index (κ2) is 7.10. The minimum Gasteiger partial charge on any atom is -0.389 e. The number of aliphatic hydroxyl groups excluding tert-OH is 1. The molecule has 0 saturated heterocycles. The SMILES string of the molecule is OC(CNCC1(O)CCCCC1)c1cc(Cl)ccc1Cl. The van der Waals surface area contributed by atoms with E-state index in [1.165, 1.54) is 6.42 Å². The van der Waals surface area contributed by atoms with Crippen LogP contribution in [0.5, 0.6) is 0 Å². The number of nitrogens with one attached hydrogen (secondary N) is 1. The van der Waals surface area contributed by atoms with Gasteiger partial charge in [-0.3, -0.25) is 0 Å². The van der Waals surface area contributed by atoms with Crippen molar-refractivity contribution in [2.24, 2.45) is 0 Å². The fourth-order valence-corrected chi connectivity index (χ4v) is 3.13. The van der Waals surface area contributed by atoms with Gasteiger partial charge in [-0.25, -0.2) is 0 Å². The van der Waals surface area contributed by atoms with Crippen LogP contribution in [-0.4, -0.2) is 28.9 Å². The molecule has 0 radical (unpaired) electrons. The molecule has 1 aromatic carbocycles. The van der Waals surface area contributed by atoms with Crippen molar-refractivity contribution in [1.82, 2.24) is 5.32 Å². The molecule has 20 heavy (non-hydrogen) atoms. The van der Waals surface area contributed by atoms with Crippen molar-refractivity contribution >= 4 is 23.2 Å². The highest BCUT2D eigenvalue weighted by molar-refractivity contribution is 6.33. The van der Waals surface area contributed by atoms with Gasteiger partial charge in [0, 0.05) is 28.7 Å². The zero-order valence-corrected chi connectivity index (χ0v) is 12.9. The smallest absolute Gasteiger partial charge is 0.0929 e. The Hall–Kier alpha value is -0.320. The topological polar surface area (TPSA) is 52.5 Å². The Bertz CT molecular complexity index is 447. The van der Waals surface area contributed by atoms with Gasteiger partial charge in [0.05, 0.1) is 11.7 Å². The Kier molecular flexibility index (Phi) is 5.70. The fourth-order valence-electron chi connectivity index (χ4n) is 2.71. The molecule has 0 aliphatic heterocycles. The van der Waals surface area contributed by atoms with Crippen LogP contribution in [0, 0.1) is 0 Å². The molecule has 1 fully saturated rings. The van der Waals surface area contributed by atoms with Gasteiger partial charge in [0.2, 0.25) is 0 Å². The Morgan fingerprint density at radius 1 is 1.20 bits per heavy atom. The lowest BCUT2D eigenvalue weighted by Gasteiger charge is -2.32. The van der Waals surface area contributed by atoms with E-state index in [2.05, 4.69) is 5.32 Å². The molecule has 5 heteroatoms. The van der Waals surface area contributed by atoms with Gasteiger partial charge in [-0.1, -0.05) is 42.5 Å². The van der Waals surface area contributed by atoms with Crippen molar-refractivity contribution in [1.29, 1.82) is 0 Å². The van der Waals surface area contributed by atoms with E-state index in [0.717, 1.165) is 25.7 Å². The third-order valence-corrected chi connectivity index (χ3v) is 4.47. The summed E-state index contributed by atoms with van der Waals surface area (Å²) in [5.74, 6) is 0. The third-order valence-electron chi connectivity index (χ3n) is 3.89. The summed E-state index contributed by atoms with van der Waals surface area (Å²) in [6.07, 6.45) is 4.26. The number of halogens is 2. The van der Waals surface area contributed by atoms with Crippen molar-refractivity contribution in [3.63, 3.8) is 0 Å². The molecule has 1 aliphatic carbocycles. The molecule has 1 aliphatic rings. The summed E-state index contributed by atoms with van der Waals surface area (Å²) in [5.41, 5.74) is -0.0156. The summed E-state index contributed by atoms with van der Waals surface area (Å²) >= 11 is 12.0. The van der Waals surface area contributed by atoms with Gasteiger partial charge >= 0.3 is 0 Å². The van der Waals surface area contributed by atoms with E-state index in [4.69, 9.17) is 23.2 Å². The average Bonchev–Trinajstić information content (AvgIpc) is 2.42. The molecular formula is C15H21Cl2NO2. The molecule has 0 heterocycles. The highest BCUT2D eigenvalue weighted by Crippen LogP contribution is 2.28. The van der Waals surface area contributed by atoms with Gasteiger partial charge < -0.3 is 15.5 Å². The molecule has 3 N–H and O–H groups in total. The predicted molar refractivity (Wildman–Crippen MR) is 82.3 cm³/mol. The summed E-state index contributed by atoms with van der Waals surface area (Å²) in [6, 6.07) is 5.04. The Labute approximate surface area is 129 Å².